The molecule has 1 heterocycles. The number of hydrogen-bond donors (Lipinski definition) is 1. The largest absolute Gasteiger partial charge is 0.367 e. The van der Waals surface area contributed by atoms with Gasteiger partial charge in [0, 0.05) is 5.92 Å². The Balaban J connectivity index is 2.06. The molecule has 88 valence electrons. The molecule has 1 saturated heterocycles. The monoisotopic (exact) mass is 220 g/mol. The summed E-state index contributed by atoms with van der Waals surface area (Å²) in [6.07, 6.45) is 9.51. The molecule has 0 radical (unpaired) electrons. The number of hydrogen-bond acceptors (Lipinski definition) is 2. The first-order valence-electron chi connectivity index (χ1n) is 6.46. The molecule has 16 heavy (non-hydrogen) atoms. The molecule has 2 bridgehead atoms. The Morgan fingerprint density at radius 2 is 2.06 bits per heavy atom. The van der Waals surface area contributed by atoms with E-state index in [0.717, 1.165) is 25.7 Å². The highest BCUT2D eigenvalue weighted by Gasteiger charge is 2.64. The van der Waals surface area contributed by atoms with E-state index in [9.17, 15) is 5.11 Å². The van der Waals surface area contributed by atoms with Crippen molar-refractivity contribution in [3.8, 4) is 0 Å². The fourth-order valence-corrected chi connectivity index (χ4v) is 4.40. The van der Waals surface area contributed by atoms with Crippen molar-refractivity contribution in [2.24, 2.45) is 11.3 Å². The molecule has 1 N–H and O–H groups in total. The highest BCUT2D eigenvalue weighted by atomic mass is 16.6. The van der Waals surface area contributed by atoms with Gasteiger partial charge in [0.05, 0.1) is 11.0 Å². The lowest BCUT2D eigenvalue weighted by molar-refractivity contribution is -0.158. The summed E-state index contributed by atoms with van der Waals surface area (Å²) in [5, 5.41) is 10.3. The first-order valence-corrected chi connectivity index (χ1v) is 6.46. The number of aliphatic hydroxyl groups is 1. The van der Waals surface area contributed by atoms with E-state index < -0.39 is 6.29 Å². The van der Waals surface area contributed by atoms with Gasteiger partial charge in [0.1, 0.15) is 0 Å². The van der Waals surface area contributed by atoms with Gasteiger partial charge in [-0.25, -0.2) is 0 Å². The van der Waals surface area contributed by atoms with Gasteiger partial charge in [0.25, 0.3) is 0 Å². The van der Waals surface area contributed by atoms with Crippen molar-refractivity contribution in [3.05, 3.63) is 18.4 Å². The topological polar surface area (TPSA) is 29.5 Å². The summed E-state index contributed by atoms with van der Waals surface area (Å²) in [6.45, 7) is 3.69. The Kier molecular flexibility index (Phi) is 2.29. The van der Waals surface area contributed by atoms with Crippen LogP contribution in [0.15, 0.2) is 18.4 Å². The van der Waals surface area contributed by atoms with Crippen LogP contribution < -0.4 is 0 Å². The van der Waals surface area contributed by atoms with E-state index in [-0.39, 0.29) is 11.0 Å². The van der Waals surface area contributed by atoms with Crippen LogP contribution in [0.1, 0.15) is 44.9 Å². The van der Waals surface area contributed by atoms with Crippen LogP contribution in [-0.2, 0) is 4.74 Å². The third-order valence-corrected chi connectivity index (χ3v) is 5.01. The molecule has 1 unspecified atom stereocenters. The Morgan fingerprint density at radius 3 is 2.88 bits per heavy atom. The average Bonchev–Trinajstić information content (AvgIpc) is 2.42. The van der Waals surface area contributed by atoms with Crippen molar-refractivity contribution in [2.75, 3.05) is 0 Å². The van der Waals surface area contributed by atoms with Crippen LogP contribution in [0.2, 0.25) is 0 Å². The number of aliphatic hydroxyl groups excluding tert-OH is 1. The SMILES string of the molecule is C=C=C[C@@]12CCC[C@]3(CCCC[C@@H]31)OC2O. The van der Waals surface area contributed by atoms with Crippen LogP contribution in [-0.4, -0.2) is 17.0 Å². The quantitative estimate of drug-likeness (QED) is 0.688. The standard InChI is InChI=1S/C14H20O2/c1-2-7-13-8-5-10-14(16-12(13)15)9-4-3-6-11(13)14/h7,11-12,15H,1,3-6,8-10H2/t11-,12?,13-,14+/m1/s1. The zero-order valence-electron chi connectivity index (χ0n) is 9.74. The fraction of sp³-hybridized carbons (Fsp3) is 0.786. The van der Waals surface area contributed by atoms with E-state index in [4.69, 9.17) is 4.74 Å². The van der Waals surface area contributed by atoms with Gasteiger partial charge in [-0.15, -0.1) is 5.73 Å². The Bertz CT molecular complexity index is 341. The van der Waals surface area contributed by atoms with E-state index >= 15 is 0 Å². The van der Waals surface area contributed by atoms with Crippen molar-refractivity contribution < 1.29 is 9.84 Å². The molecule has 0 spiro atoms. The fourth-order valence-electron chi connectivity index (χ4n) is 4.40. The van der Waals surface area contributed by atoms with Crippen LogP contribution >= 0.6 is 0 Å². The summed E-state index contributed by atoms with van der Waals surface area (Å²) in [4.78, 5) is 0. The highest BCUT2D eigenvalue weighted by Crippen LogP contribution is 2.62. The molecule has 2 aliphatic carbocycles. The zero-order valence-corrected chi connectivity index (χ0v) is 9.74. The lowest BCUT2D eigenvalue weighted by atomic mass is 9.57. The zero-order chi connectivity index (χ0) is 11.2. The minimum absolute atomic E-state index is 0.0245. The van der Waals surface area contributed by atoms with E-state index in [2.05, 4.69) is 12.3 Å². The molecule has 0 aromatic rings. The van der Waals surface area contributed by atoms with E-state index in [1.54, 1.807) is 0 Å². The molecule has 3 fully saturated rings. The maximum absolute atomic E-state index is 10.3. The van der Waals surface area contributed by atoms with E-state index in [1.165, 1.54) is 19.3 Å². The summed E-state index contributed by atoms with van der Waals surface area (Å²) in [5.41, 5.74) is 2.70. The molecule has 2 nitrogen and oxygen atoms in total. The van der Waals surface area contributed by atoms with Crippen LogP contribution in [0, 0.1) is 11.3 Å². The second-order valence-corrected chi connectivity index (χ2v) is 5.65. The summed E-state index contributed by atoms with van der Waals surface area (Å²) >= 11 is 0. The molecule has 2 saturated carbocycles. The second-order valence-electron chi connectivity index (χ2n) is 5.65. The number of ether oxygens (including phenoxy) is 1. The van der Waals surface area contributed by atoms with Crippen molar-refractivity contribution in [1.82, 2.24) is 0 Å². The maximum Gasteiger partial charge on any atom is 0.165 e. The molecule has 1 aliphatic heterocycles. The van der Waals surface area contributed by atoms with Crippen LogP contribution in [0.25, 0.3) is 0 Å². The van der Waals surface area contributed by atoms with Gasteiger partial charge in [-0.1, -0.05) is 19.4 Å². The second kappa shape index (κ2) is 3.46. The van der Waals surface area contributed by atoms with E-state index in [0.29, 0.717) is 5.92 Å². The minimum atomic E-state index is -0.632. The van der Waals surface area contributed by atoms with Gasteiger partial charge in [0.15, 0.2) is 6.29 Å². The third kappa shape index (κ3) is 1.15. The van der Waals surface area contributed by atoms with Gasteiger partial charge < -0.3 is 9.84 Å². The molecule has 0 aromatic heterocycles. The van der Waals surface area contributed by atoms with Gasteiger partial charge in [-0.2, -0.15) is 0 Å². The van der Waals surface area contributed by atoms with Crippen molar-refractivity contribution >= 4 is 0 Å². The van der Waals surface area contributed by atoms with Crippen molar-refractivity contribution in [1.29, 1.82) is 0 Å². The average molecular weight is 220 g/mol. The molecule has 0 aromatic carbocycles. The molecular formula is C14H20O2. The van der Waals surface area contributed by atoms with Crippen LogP contribution in [0.5, 0.6) is 0 Å². The van der Waals surface area contributed by atoms with Crippen molar-refractivity contribution in [2.45, 2.75) is 56.8 Å². The van der Waals surface area contributed by atoms with Gasteiger partial charge >= 0.3 is 0 Å². The van der Waals surface area contributed by atoms with Crippen molar-refractivity contribution in [3.63, 3.8) is 0 Å². The molecule has 4 atom stereocenters. The maximum atomic E-state index is 10.3. The predicted molar refractivity (Wildman–Crippen MR) is 61.8 cm³/mol. The van der Waals surface area contributed by atoms with Gasteiger partial charge in [-0.05, 0) is 38.2 Å². The third-order valence-electron chi connectivity index (χ3n) is 5.01. The Morgan fingerprint density at radius 1 is 1.25 bits per heavy atom. The van der Waals surface area contributed by atoms with E-state index in [1.807, 2.05) is 6.08 Å². The summed E-state index contributed by atoms with van der Waals surface area (Å²) in [7, 11) is 0. The highest BCUT2D eigenvalue weighted by molar-refractivity contribution is 5.17. The summed E-state index contributed by atoms with van der Waals surface area (Å²) in [6, 6.07) is 0. The van der Waals surface area contributed by atoms with Crippen LogP contribution in [0.3, 0.4) is 0 Å². The molecular weight excluding hydrogens is 200 g/mol. The number of rotatable bonds is 1. The van der Waals surface area contributed by atoms with Gasteiger partial charge in [0.2, 0.25) is 0 Å². The molecule has 3 aliphatic rings. The summed E-state index contributed by atoms with van der Waals surface area (Å²) < 4.78 is 5.99. The predicted octanol–water partition coefficient (Wildman–Crippen LogP) is 2.78. The lowest BCUT2D eigenvalue weighted by Gasteiger charge is -2.46. The normalized spacial score (nSPS) is 50.6. The molecule has 3 rings (SSSR count). The van der Waals surface area contributed by atoms with Crippen LogP contribution in [0.4, 0.5) is 0 Å². The Labute approximate surface area is 97.0 Å². The first-order chi connectivity index (χ1) is 7.73. The lowest BCUT2D eigenvalue weighted by Crippen LogP contribution is -2.46. The Hall–Kier alpha value is -0.560. The molecule has 0 amide bonds. The minimum Gasteiger partial charge on any atom is -0.367 e. The summed E-state index contributed by atoms with van der Waals surface area (Å²) in [5.74, 6) is 0.492. The van der Waals surface area contributed by atoms with Gasteiger partial charge in [-0.3, -0.25) is 0 Å². The first kappa shape index (κ1) is 10.6. The molecule has 2 heteroatoms. The smallest absolute Gasteiger partial charge is 0.165 e.